The molecule has 0 aromatic heterocycles. The zero-order valence-electron chi connectivity index (χ0n) is 15.7. The first-order chi connectivity index (χ1) is 12.4. The number of fused-ring (bicyclic) bond motifs is 3. The van der Waals surface area contributed by atoms with Gasteiger partial charge in [-0.1, -0.05) is 25.5 Å². The van der Waals surface area contributed by atoms with Crippen LogP contribution in [0.3, 0.4) is 0 Å². The summed E-state index contributed by atoms with van der Waals surface area (Å²) in [6, 6.07) is 0. The highest BCUT2D eigenvalue weighted by Gasteiger charge is 2.78. The van der Waals surface area contributed by atoms with Crippen LogP contribution in [0, 0.1) is 28.6 Å². The van der Waals surface area contributed by atoms with E-state index in [4.69, 9.17) is 14.2 Å². The van der Waals surface area contributed by atoms with Crippen molar-refractivity contribution in [2.45, 2.75) is 82.8 Å². The molecule has 5 nitrogen and oxygen atoms in total. The number of ether oxygens (including phenoxy) is 3. The SMILES string of the molecule is C[C@]12CC[C@H](O)CC1=CC[C@@H]1[C@@H]2CC[C@]2(C)[C@H]3[C@H]4OC[C@@H]3O[C@@H](O)[C@]12O4. The van der Waals surface area contributed by atoms with Crippen molar-refractivity contribution in [2.75, 3.05) is 6.61 Å². The predicted molar refractivity (Wildman–Crippen MR) is 92.9 cm³/mol. The van der Waals surface area contributed by atoms with E-state index in [1.54, 1.807) is 0 Å². The zero-order chi connectivity index (χ0) is 17.9. The average Bonchev–Trinajstić information content (AvgIpc) is 3.07. The molecule has 2 N–H and O–H groups in total. The topological polar surface area (TPSA) is 68.2 Å². The maximum atomic E-state index is 11.2. The van der Waals surface area contributed by atoms with Crippen molar-refractivity contribution < 1.29 is 24.4 Å². The second kappa shape index (κ2) is 4.93. The van der Waals surface area contributed by atoms with Crippen LogP contribution in [0.2, 0.25) is 0 Å². The van der Waals surface area contributed by atoms with Gasteiger partial charge >= 0.3 is 0 Å². The Labute approximate surface area is 154 Å². The first kappa shape index (κ1) is 16.5. The van der Waals surface area contributed by atoms with Crippen molar-refractivity contribution in [3.8, 4) is 0 Å². The molecule has 26 heavy (non-hydrogen) atoms. The summed E-state index contributed by atoms with van der Waals surface area (Å²) in [5.41, 5.74) is 0.782. The minimum Gasteiger partial charge on any atom is -0.393 e. The number of rotatable bonds is 0. The molecule has 6 aliphatic rings. The van der Waals surface area contributed by atoms with E-state index in [9.17, 15) is 10.2 Å². The van der Waals surface area contributed by atoms with E-state index in [1.165, 1.54) is 12.0 Å². The maximum Gasteiger partial charge on any atom is 0.185 e. The van der Waals surface area contributed by atoms with Crippen LogP contribution in [-0.4, -0.2) is 47.2 Å². The van der Waals surface area contributed by atoms with Crippen molar-refractivity contribution in [1.82, 2.24) is 0 Å². The summed E-state index contributed by atoms with van der Waals surface area (Å²) in [5, 5.41) is 21.3. The van der Waals surface area contributed by atoms with Gasteiger partial charge in [0, 0.05) is 17.3 Å². The van der Waals surface area contributed by atoms with Crippen LogP contribution in [0.1, 0.15) is 52.4 Å². The van der Waals surface area contributed by atoms with Crippen LogP contribution in [0.25, 0.3) is 0 Å². The van der Waals surface area contributed by atoms with E-state index < -0.39 is 11.9 Å². The minimum atomic E-state index is -0.872. The van der Waals surface area contributed by atoms with E-state index in [0.717, 1.165) is 32.1 Å². The van der Waals surface area contributed by atoms with Gasteiger partial charge in [-0.15, -0.1) is 0 Å². The molecule has 10 atom stereocenters. The number of aliphatic hydroxyl groups excluding tert-OH is 2. The van der Waals surface area contributed by atoms with Gasteiger partial charge in [0.25, 0.3) is 0 Å². The molecule has 0 aromatic rings. The number of allylic oxidation sites excluding steroid dienone is 1. The Morgan fingerprint density at radius 1 is 1.12 bits per heavy atom. The largest absolute Gasteiger partial charge is 0.393 e. The van der Waals surface area contributed by atoms with Crippen molar-refractivity contribution >= 4 is 0 Å². The zero-order valence-corrected chi connectivity index (χ0v) is 15.7. The number of hydrogen-bond donors (Lipinski definition) is 2. The third-order valence-electron chi connectivity index (χ3n) is 9.36. The number of hydrogen-bond acceptors (Lipinski definition) is 5. The molecule has 2 saturated carbocycles. The Bertz CT molecular complexity index is 677. The highest BCUT2D eigenvalue weighted by molar-refractivity contribution is 5.30. The van der Waals surface area contributed by atoms with E-state index in [0.29, 0.717) is 12.5 Å². The number of aliphatic hydroxyl groups is 2. The van der Waals surface area contributed by atoms with Gasteiger partial charge in [-0.2, -0.15) is 0 Å². The molecule has 5 fully saturated rings. The second-order valence-corrected chi connectivity index (χ2v) is 10.1. The summed E-state index contributed by atoms with van der Waals surface area (Å²) in [5.74, 6) is 0.949. The monoisotopic (exact) mass is 362 g/mol. The normalized spacial score (nSPS) is 62.9. The first-order valence-corrected chi connectivity index (χ1v) is 10.4. The molecule has 144 valence electrons. The van der Waals surface area contributed by atoms with E-state index in [-0.39, 0.29) is 41.2 Å². The Balaban J connectivity index is 1.47. The fourth-order valence-corrected chi connectivity index (χ4v) is 8.05. The third kappa shape index (κ3) is 1.63. The molecule has 3 aliphatic heterocycles. The minimum absolute atomic E-state index is 0.0396. The van der Waals surface area contributed by atoms with Crippen LogP contribution >= 0.6 is 0 Å². The van der Waals surface area contributed by atoms with Gasteiger partial charge in [0.2, 0.25) is 0 Å². The van der Waals surface area contributed by atoms with Crippen LogP contribution in [-0.2, 0) is 14.2 Å². The predicted octanol–water partition coefficient (Wildman–Crippen LogP) is 2.36. The van der Waals surface area contributed by atoms with E-state index in [2.05, 4.69) is 19.9 Å². The van der Waals surface area contributed by atoms with Gasteiger partial charge in [-0.05, 0) is 49.9 Å². The second-order valence-electron chi connectivity index (χ2n) is 10.1. The average molecular weight is 362 g/mol. The van der Waals surface area contributed by atoms with Crippen LogP contribution in [0.5, 0.6) is 0 Å². The summed E-state index contributed by atoms with van der Waals surface area (Å²) in [4.78, 5) is 0. The lowest BCUT2D eigenvalue weighted by Gasteiger charge is -2.64. The van der Waals surface area contributed by atoms with Crippen LogP contribution in [0.15, 0.2) is 11.6 Å². The highest BCUT2D eigenvalue weighted by Crippen LogP contribution is 2.72. The Morgan fingerprint density at radius 3 is 2.81 bits per heavy atom. The molecule has 3 heterocycles. The Hall–Kier alpha value is -0.460. The summed E-state index contributed by atoms with van der Waals surface area (Å²) >= 11 is 0. The lowest BCUT2D eigenvalue weighted by Crippen LogP contribution is -2.70. The molecule has 0 aromatic carbocycles. The molecule has 0 amide bonds. The standard InChI is InChI=1S/C21H30O5/c1-19-7-5-12(22)9-11(19)3-4-14-13(19)6-8-20(2)16-15-10-24-17(16)26-21(14,20)18(23)25-15/h3,12-18,22-23H,4-10H2,1-2H3/t12-,13-,14+,15-,16+,17-,18+,19-,20+,21+/m0/s1. The molecular weight excluding hydrogens is 332 g/mol. The molecule has 3 saturated heterocycles. The molecular formula is C21H30O5. The Kier molecular flexibility index (Phi) is 3.12. The van der Waals surface area contributed by atoms with Crippen LogP contribution < -0.4 is 0 Å². The molecule has 2 bridgehead atoms. The van der Waals surface area contributed by atoms with Gasteiger partial charge < -0.3 is 24.4 Å². The first-order valence-electron chi connectivity index (χ1n) is 10.4. The molecule has 0 radical (unpaired) electrons. The van der Waals surface area contributed by atoms with Crippen molar-refractivity contribution in [3.05, 3.63) is 11.6 Å². The smallest absolute Gasteiger partial charge is 0.185 e. The maximum absolute atomic E-state index is 11.2. The van der Waals surface area contributed by atoms with Crippen molar-refractivity contribution in [1.29, 1.82) is 0 Å². The lowest BCUT2D eigenvalue weighted by atomic mass is 9.44. The third-order valence-corrected chi connectivity index (χ3v) is 9.36. The summed E-state index contributed by atoms with van der Waals surface area (Å²) in [7, 11) is 0. The fourth-order valence-electron chi connectivity index (χ4n) is 8.05. The van der Waals surface area contributed by atoms with Crippen molar-refractivity contribution in [2.24, 2.45) is 28.6 Å². The summed E-state index contributed by atoms with van der Waals surface area (Å²) in [6.07, 6.45) is 6.84. The van der Waals surface area contributed by atoms with Gasteiger partial charge in [0.05, 0.1) is 18.8 Å². The van der Waals surface area contributed by atoms with Crippen LogP contribution in [0.4, 0.5) is 0 Å². The Morgan fingerprint density at radius 2 is 1.96 bits per heavy atom. The highest BCUT2D eigenvalue weighted by atomic mass is 16.8. The fraction of sp³-hybridized carbons (Fsp3) is 0.905. The van der Waals surface area contributed by atoms with Gasteiger partial charge in [0.1, 0.15) is 5.60 Å². The molecule has 6 rings (SSSR count). The van der Waals surface area contributed by atoms with Gasteiger partial charge in [-0.3, -0.25) is 0 Å². The quantitative estimate of drug-likeness (QED) is 0.648. The summed E-state index contributed by atoms with van der Waals surface area (Å²) in [6.45, 7) is 5.23. The van der Waals surface area contributed by atoms with E-state index >= 15 is 0 Å². The van der Waals surface area contributed by atoms with Gasteiger partial charge in [0.15, 0.2) is 12.6 Å². The van der Waals surface area contributed by atoms with Gasteiger partial charge in [-0.25, -0.2) is 0 Å². The summed E-state index contributed by atoms with van der Waals surface area (Å²) < 4.78 is 18.6. The lowest BCUT2D eigenvalue weighted by molar-refractivity contribution is -0.349. The molecule has 0 unspecified atom stereocenters. The van der Waals surface area contributed by atoms with Crippen molar-refractivity contribution in [3.63, 3.8) is 0 Å². The molecule has 3 aliphatic carbocycles. The molecule has 5 heteroatoms. The van der Waals surface area contributed by atoms with E-state index in [1.807, 2.05) is 0 Å². The molecule has 0 spiro atoms.